The number of hydrogen-bond acceptors (Lipinski definition) is 2. The minimum atomic E-state index is -0.0275. The van der Waals surface area contributed by atoms with Crippen molar-refractivity contribution in [2.45, 2.75) is 39.0 Å². The summed E-state index contributed by atoms with van der Waals surface area (Å²) in [6, 6.07) is 17.7. The Morgan fingerprint density at radius 3 is 2.63 bits per heavy atom. The molecule has 0 atom stereocenters. The molecule has 3 aromatic rings. The number of nitrogens with zero attached hydrogens (tertiary/aromatic N) is 1. The van der Waals surface area contributed by atoms with E-state index in [1.165, 1.54) is 19.3 Å². The lowest BCUT2D eigenvalue weighted by atomic mass is 10.0. The highest BCUT2D eigenvalue weighted by molar-refractivity contribution is 9.10. The van der Waals surface area contributed by atoms with Gasteiger partial charge in [0.25, 0.3) is 5.91 Å². The molecular weight excluding hydrogens is 400 g/mol. The molecule has 1 heterocycles. The summed E-state index contributed by atoms with van der Waals surface area (Å²) < 4.78 is 0.994. The van der Waals surface area contributed by atoms with E-state index in [2.05, 4.69) is 28.2 Å². The van der Waals surface area contributed by atoms with E-state index in [-0.39, 0.29) is 5.91 Å². The fourth-order valence-corrected chi connectivity index (χ4v) is 3.58. The van der Waals surface area contributed by atoms with Crippen molar-refractivity contribution in [2.24, 2.45) is 0 Å². The second-order valence-electron chi connectivity index (χ2n) is 6.75. The van der Waals surface area contributed by atoms with Gasteiger partial charge < -0.3 is 5.32 Å². The fourth-order valence-electron chi connectivity index (χ4n) is 3.18. The van der Waals surface area contributed by atoms with Crippen LogP contribution in [0.15, 0.2) is 59.1 Å². The van der Waals surface area contributed by atoms with Crippen molar-refractivity contribution in [3.8, 4) is 11.3 Å². The van der Waals surface area contributed by atoms with Crippen LogP contribution in [0.5, 0.6) is 0 Å². The van der Waals surface area contributed by atoms with Crippen LogP contribution < -0.4 is 5.32 Å². The maximum atomic E-state index is 12.8. The standard InChI is InChI=1S/C23H25BrN2O/c1-2-3-4-5-8-14-25-23(27)20-16-22(17-10-9-11-18(24)15-17)26-21-13-7-6-12-19(20)21/h6-7,9-13,15-16H,2-5,8,14H2,1H3,(H,25,27). The zero-order valence-electron chi connectivity index (χ0n) is 15.7. The van der Waals surface area contributed by atoms with E-state index in [1.807, 2.05) is 54.6 Å². The lowest BCUT2D eigenvalue weighted by Crippen LogP contribution is -2.24. The summed E-state index contributed by atoms with van der Waals surface area (Å²) in [6.45, 7) is 2.92. The Balaban J connectivity index is 1.84. The van der Waals surface area contributed by atoms with Crippen molar-refractivity contribution in [3.05, 3.63) is 64.6 Å². The molecule has 3 nitrogen and oxygen atoms in total. The number of fused-ring (bicyclic) bond motifs is 1. The third-order valence-electron chi connectivity index (χ3n) is 4.65. The first-order valence-electron chi connectivity index (χ1n) is 9.63. The van der Waals surface area contributed by atoms with Crippen LogP contribution in [0.25, 0.3) is 22.2 Å². The van der Waals surface area contributed by atoms with Gasteiger partial charge in [0.15, 0.2) is 0 Å². The molecular formula is C23H25BrN2O. The minimum Gasteiger partial charge on any atom is -0.352 e. The topological polar surface area (TPSA) is 42.0 Å². The van der Waals surface area contributed by atoms with Gasteiger partial charge in [-0.3, -0.25) is 4.79 Å². The molecule has 4 heteroatoms. The van der Waals surface area contributed by atoms with E-state index < -0.39 is 0 Å². The molecule has 0 aliphatic rings. The van der Waals surface area contributed by atoms with E-state index in [9.17, 15) is 4.79 Å². The summed E-state index contributed by atoms with van der Waals surface area (Å²) in [5.74, 6) is -0.0275. The Labute approximate surface area is 169 Å². The number of carbonyl (C=O) groups excluding carboxylic acids is 1. The monoisotopic (exact) mass is 424 g/mol. The molecule has 3 rings (SSSR count). The Morgan fingerprint density at radius 2 is 1.81 bits per heavy atom. The van der Waals surface area contributed by atoms with Crippen molar-refractivity contribution in [1.82, 2.24) is 10.3 Å². The molecule has 0 radical (unpaired) electrons. The highest BCUT2D eigenvalue weighted by atomic mass is 79.9. The molecule has 1 amide bonds. The number of halogens is 1. The lowest BCUT2D eigenvalue weighted by Gasteiger charge is -2.11. The molecule has 0 saturated heterocycles. The first kappa shape index (κ1) is 19.6. The number of carbonyl (C=O) groups is 1. The van der Waals surface area contributed by atoms with Gasteiger partial charge in [-0.05, 0) is 30.7 Å². The van der Waals surface area contributed by atoms with E-state index in [4.69, 9.17) is 4.98 Å². The first-order valence-corrected chi connectivity index (χ1v) is 10.4. The van der Waals surface area contributed by atoms with Gasteiger partial charge in [0.05, 0.1) is 16.8 Å². The third-order valence-corrected chi connectivity index (χ3v) is 5.14. The molecule has 0 unspecified atom stereocenters. The maximum Gasteiger partial charge on any atom is 0.252 e. The van der Waals surface area contributed by atoms with E-state index in [0.29, 0.717) is 12.1 Å². The minimum absolute atomic E-state index is 0.0275. The van der Waals surface area contributed by atoms with Gasteiger partial charge in [-0.25, -0.2) is 4.98 Å². The normalized spacial score (nSPS) is 10.9. The Bertz CT molecular complexity index is 923. The number of benzene rings is 2. The largest absolute Gasteiger partial charge is 0.352 e. The highest BCUT2D eigenvalue weighted by Gasteiger charge is 2.13. The third kappa shape index (κ3) is 5.16. The second kappa shape index (κ2) is 9.65. The van der Waals surface area contributed by atoms with Crippen molar-refractivity contribution in [2.75, 3.05) is 6.54 Å². The van der Waals surface area contributed by atoms with Crippen LogP contribution >= 0.6 is 15.9 Å². The van der Waals surface area contributed by atoms with Crippen molar-refractivity contribution < 1.29 is 4.79 Å². The van der Waals surface area contributed by atoms with Crippen LogP contribution in [-0.4, -0.2) is 17.4 Å². The highest BCUT2D eigenvalue weighted by Crippen LogP contribution is 2.26. The molecule has 140 valence electrons. The summed E-state index contributed by atoms with van der Waals surface area (Å²) in [6.07, 6.45) is 5.91. The summed E-state index contributed by atoms with van der Waals surface area (Å²) in [7, 11) is 0. The van der Waals surface area contributed by atoms with Crippen LogP contribution in [0.4, 0.5) is 0 Å². The zero-order chi connectivity index (χ0) is 19.1. The average molecular weight is 425 g/mol. The lowest BCUT2D eigenvalue weighted by molar-refractivity contribution is 0.0954. The number of nitrogens with one attached hydrogen (secondary N) is 1. The summed E-state index contributed by atoms with van der Waals surface area (Å²) in [5, 5.41) is 3.97. The SMILES string of the molecule is CCCCCCCNC(=O)c1cc(-c2cccc(Br)c2)nc2ccccc12. The number of aromatic nitrogens is 1. The number of hydrogen-bond donors (Lipinski definition) is 1. The quantitative estimate of drug-likeness (QED) is 0.427. The predicted octanol–water partition coefficient (Wildman–Crippen LogP) is 6.36. The number of pyridine rings is 1. The Kier molecular flexibility index (Phi) is 6.99. The van der Waals surface area contributed by atoms with E-state index in [1.54, 1.807) is 0 Å². The van der Waals surface area contributed by atoms with E-state index >= 15 is 0 Å². The Hall–Kier alpha value is -2.20. The van der Waals surface area contributed by atoms with Crippen molar-refractivity contribution in [3.63, 3.8) is 0 Å². The second-order valence-corrected chi connectivity index (χ2v) is 7.67. The molecule has 0 saturated carbocycles. The van der Waals surface area contributed by atoms with Crippen LogP contribution in [0.2, 0.25) is 0 Å². The van der Waals surface area contributed by atoms with Crippen molar-refractivity contribution in [1.29, 1.82) is 0 Å². The maximum absolute atomic E-state index is 12.8. The van der Waals surface area contributed by atoms with Gasteiger partial charge in [0, 0.05) is 22.0 Å². The number of unbranched alkanes of at least 4 members (excludes halogenated alkanes) is 4. The molecule has 2 aromatic carbocycles. The van der Waals surface area contributed by atoms with Gasteiger partial charge in [-0.1, -0.05) is 78.9 Å². The van der Waals surface area contributed by atoms with Gasteiger partial charge in [0.1, 0.15) is 0 Å². The first-order chi connectivity index (χ1) is 13.2. The van der Waals surface area contributed by atoms with Crippen LogP contribution in [0.3, 0.4) is 0 Å². The van der Waals surface area contributed by atoms with Crippen LogP contribution in [-0.2, 0) is 0 Å². The molecule has 0 aliphatic carbocycles. The van der Waals surface area contributed by atoms with Gasteiger partial charge in [-0.2, -0.15) is 0 Å². The van der Waals surface area contributed by atoms with Gasteiger partial charge in [-0.15, -0.1) is 0 Å². The molecule has 0 fully saturated rings. The molecule has 1 N–H and O–H groups in total. The summed E-state index contributed by atoms with van der Waals surface area (Å²) in [4.78, 5) is 17.6. The van der Waals surface area contributed by atoms with Crippen LogP contribution in [0.1, 0.15) is 49.4 Å². The number of rotatable bonds is 8. The van der Waals surface area contributed by atoms with E-state index in [0.717, 1.165) is 39.5 Å². The molecule has 0 spiro atoms. The Morgan fingerprint density at radius 1 is 1.00 bits per heavy atom. The summed E-state index contributed by atoms with van der Waals surface area (Å²) >= 11 is 3.51. The molecule has 0 bridgehead atoms. The predicted molar refractivity (Wildman–Crippen MR) is 116 cm³/mol. The smallest absolute Gasteiger partial charge is 0.252 e. The molecule has 27 heavy (non-hydrogen) atoms. The summed E-state index contributed by atoms with van der Waals surface area (Å²) in [5.41, 5.74) is 3.32. The van der Waals surface area contributed by atoms with Crippen molar-refractivity contribution >= 4 is 32.7 Å². The van der Waals surface area contributed by atoms with Crippen LogP contribution in [0, 0.1) is 0 Å². The molecule has 1 aromatic heterocycles. The number of para-hydroxylation sites is 1. The van der Waals surface area contributed by atoms with Gasteiger partial charge >= 0.3 is 0 Å². The fraction of sp³-hybridized carbons (Fsp3) is 0.304. The average Bonchev–Trinajstić information content (AvgIpc) is 2.69. The van der Waals surface area contributed by atoms with Gasteiger partial charge in [0.2, 0.25) is 0 Å². The molecule has 0 aliphatic heterocycles. The number of amides is 1. The zero-order valence-corrected chi connectivity index (χ0v) is 17.3.